The van der Waals surface area contributed by atoms with Gasteiger partial charge in [0.05, 0.1) is 13.2 Å². The van der Waals surface area contributed by atoms with Gasteiger partial charge in [-0.25, -0.2) is 4.39 Å². The molecule has 2 rings (SSSR count). The van der Waals surface area contributed by atoms with Crippen LogP contribution in [0.15, 0.2) is 34.2 Å². The Morgan fingerprint density at radius 2 is 2.04 bits per heavy atom. The molecule has 0 spiro atoms. The van der Waals surface area contributed by atoms with E-state index in [1.165, 1.54) is 17.8 Å². The van der Waals surface area contributed by atoms with E-state index < -0.39 is 0 Å². The fourth-order valence-electron chi connectivity index (χ4n) is 2.54. The number of aliphatic imine (C=N–C) groups is 1. The Hall–Kier alpha value is -0.580. The second-order valence-corrected chi connectivity index (χ2v) is 6.91. The average molecular weight is 496 g/mol. The van der Waals surface area contributed by atoms with Crippen LogP contribution in [0.2, 0.25) is 0 Å². The molecular formula is C18H30FIN4OS. The molecule has 0 unspecified atom stereocenters. The van der Waals surface area contributed by atoms with Crippen molar-refractivity contribution in [2.45, 2.75) is 18.2 Å². The van der Waals surface area contributed by atoms with Crippen LogP contribution < -0.4 is 10.6 Å². The molecular weight excluding hydrogens is 466 g/mol. The van der Waals surface area contributed by atoms with E-state index in [2.05, 4.69) is 27.4 Å². The molecule has 26 heavy (non-hydrogen) atoms. The molecule has 1 aromatic carbocycles. The number of nitrogens with zero attached hydrogens (tertiary/aromatic N) is 2. The van der Waals surface area contributed by atoms with Gasteiger partial charge < -0.3 is 15.4 Å². The normalized spacial score (nSPS) is 15.4. The van der Waals surface area contributed by atoms with Gasteiger partial charge in [-0.05, 0) is 25.5 Å². The van der Waals surface area contributed by atoms with Crippen LogP contribution in [0, 0.1) is 5.82 Å². The highest BCUT2D eigenvalue weighted by atomic mass is 127. The zero-order valence-corrected chi connectivity index (χ0v) is 18.5. The lowest BCUT2D eigenvalue weighted by molar-refractivity contribution is 0.0377. The first kappa shape index (κ1) is 23.5. The predicted octanol–water partition coefficient (Wildman–Crippen LogP) is 2.81. The number of hydrogen-bond donors (Lipinski definition) is 2. The van der Waals surface area contributed by atoms with Gasteiger partial charge in [0.15, 0.2) is 5.96 Å². The van der Waals surface area contributed by atoms with Gasteiger partial charge in [0.2, 0.25) is 0 Å². The maximum atomic E-state index is 13.6. The minimum atomic E-state index is -0.156. The smallest absolute Gasteiger partial charge is 0.191 e. The molecule has 0 radical (unpaired) electrons. The first-order valence-electron chi connectivity index (χ1n) is 8.99. The van der Waals surface area contributed by atoms with Gasteiger partial charge in [-0.2, -0.15) is 0 Å². The van der Waals surface area contributed by atoms with Crippen molar-refractivity contribution in [3.8, 4) is 0 Å². The maximum absolute atomic E-state index is 13.6. The van der Waals surface area contributed by atoms with Gasteiger partial charge in [-0.15, -0.1) is 35.7 Å². The van der Waals surface area contributed by atoms with E-state index in [0.29, 0.717) is 4.90 Å². The molecule has 1 fully saturated rings. The number of rotatable bonds is 9. The van der Waals surface area contributed by atoms with Crippen molar-refractivity contribution >= 4 is 41.7 Å². The number of guanidine groups is 1. The Morgan fingerprint density at radius 3 is 2.77 bits per heavy atom. The van der Waals surface area contributed by atoms with Crippen molar-refractivity contribution in [1.82, 2.24) is 15.5 Å². The van der Waals surface area contributed by atoms with Gasteiger partial charge in [-0.3, -0.25) is 9.89 Å². The Morgan fingerprint density at radius 1 is 1.27 bits per heavy atom. The molecule has 5 nitrogen and oxygen atoms in total. The van der Waals surface area contributed by atoms with Gasteiger partial charge in [0, 0.05) is 49.9 Å². The van der Waals surface area contributed by atoms with Crippen molar-refractivity contribution in [1.29, 1.82) is 0 Å². The molecule has 148 valence electrons. The van der Waals surface area contributed by atoms with Crippen LogP contribution in [0.1, 0.15) is 13.3 Å². The number of benzene rings is 1. The molecule has 8 heteroatoms. The summed E-state index contributed by atoms with van der Waals surface area (Å²) in [5, 5.41) is 6.56. The SMILES string of the molecule is CCNC(=NCCCN1CCOCC1)NCCSc1ccccc1F.I. The standard InChI is InChI=1S/C18H29FN4OS.HI/c1-2-20-18(21-8-5-10-23-11-13-24-14-12-23)22-9-15-25-17-7-4-3-6-16(17)19;/h3-4,6-7H,2,5,8-15H2,1H3,(H2,20,21,22);1H. The first-order chi connectivity index (χ1) is 12.3. The van der Waals surface area contributed by atoms with Crippen molar-refractivity contribution in [3.05, 3.63) is 30.1 Å². The highest BCUT2D eigenvalue weighted by molar-refractivity contribution is 14.0. The van der Waals surface area contributed by atoms with E-state index in [4.69, 9.17) is 4.74 Å². The third-order valence-electron chi connectivity index (χ3n) is 3.84. The number of hydrogen-bond acceptors (Lipinski definition) is 4. The summed E-state index contributed by atoms with van der Waals surface area (Å²) in [6.07, 6.45) is 1.04. The topological polar surface area (TPSA) is 48.9 Å². The van der Waals surface area contributed by atoms with Crippen LogP contribution in [0.4, 0.5) is 4.39 Å². The molecule has 1 aliphatic rings. The molecule has 1 saturated heterocycles. The molecule has 1 aromatic rings. The van der Waals surface area contributed by atoms with Crippen LogP contribution in [-0.2, 0) is 4.74 Å². The number of halogens is 2. The predicted molar refractivity (Wildman–Crippen MR) is 118 cm³/mol. The lowest BCUT2D eigenvalue weighted by Crippen LogP contribution is -2.39. The molecule has 0 saturated carbocycles. The third kappa shape index (κ3) is 9.38. The summed E-state index contributed by atoms with van der Waals surface area (Å²) in [6, 6.07) is 6.88. The fraction of sp³-hybridized carbons (Fsp3) is 0.611. The number of thioether (sulfide) groups is 1. The quantitative estimate of drug-likeness (QED) is 0.181. The van der Waals surface area contributed by atoms with Crippen molar-refractivity contribution in [3.63, 3.8) is 0 Å². The van der Waals surface area contributed by atoms with E-state index in [9.17, 15) is 4.39 Å². The lowest BCUT2D eigenvalue weighted by Gasteiger charge is -2.26. The summed E-state index contributed by atoms with van der Waals surface area (Å²) in [4.78, 5) is 7.73. The summed E-state index contributed by atoms with van der Waals surface area (Å²) < 4.78 is 18.9. The zero-order chi connectivity index (χ0) is 17.7. The van der Waals surface area contributed by atoms with Gasteiger partial charge >= 0.3 is 0 Å². The van der Waals surface area contributed by atoms with Gasteiger partial charge in [-0.1, -0.05) is 12.1 Å². The second kappa shape index (κ2) is 14.5. The fourth-order valence-corrected chi connectivity index (χ4v) is 3.35. The number of ether oxygens (including phenoxy) is 1. The first-order valence-corrected chi connectivity index (χ1v) is 9.97. The monoisotopic (exact) mass is 496 g/mol. The summed E-state index contributed by atoms with van der Waals surface area (Å²) >= 11 is 1.52. The van der Waals surface area contributed by atoms with Crippen LogP contribution in [0.3, 0.4) is 0 Å². The molecule has 0 aliphatic carbocycles. The highest BCUT2D eigenvalue weighted by Gasteiger charge is 2.09. The summed E-state index contributed by atoms with van der Waals surface area (Å²) in [5.41, 5.74) is 0. The second-order valence-electron chi connectivity index (χ2n) is 5.77. The van der Waals surface area contributed by atoms with Crippen LogP contribution in [0.5, 0.6) is 0 Å². The lowest BCUT2D eigenvalue weighted by atomic mass is 10.3. The number of nitrogens with one attached hydrogen (secondary N) is 2. The summed E-state index contributed by atoms with van der Waals surface area (Å²) in [6.45, 7) is 9.22. The average Bonchev–Trinajstić information content (AvgIpc) is 2.64. The Labute approximate surface area is 177 Å². The molecule has 2 N–H and O–H groups in total. The van der Waals surface area contributed by atoms with E-state index in [1.807, 2.05) is 12.1 Å². The Bertz CT molecular complexity index is 530. The summed E-state index contributed by atoms with van der Waals surface area (Å²) in [5.74, 6) is 1.47. The minimum Gasteiger partial charge on any atom is -0.379 e. The highest BCUT2D eigenvalue weighted by Crippen LogP contribution is 2.20. The van der Waals surface area contributed by atoms with E-state index in [-0.39, 0.29) is 29.8 Å². The Balaban J connectivity index is 0.00000338. The van der Waals surface area contributed by atoms with Crippen molar-refractivity contribution in [2.75, 3.05) is 58.2 Å². The molecule has 0 bridgehead atoms. The summed E-state index contributed by atoms with van der Waals surface area (Å²) in [7, 11) is 0. The third-order valence-corrected chi connectivity index (χ3v) is 4.89. The molecule has 1 aliphatic heterocycles. The molecule has 0 aromatic heterocycles. The van der Waals surface area contributed by atoms with Gasteiger partial charge in [0.25, 0.3) is 0 Å². The van der Waals surface area contributed by atoms with Crippen LogP contribution in [-0.4, -0.2) is 69.1 Å². The van der Waals surface area contributed by atoms with E-state index in [0.717, 1.165) is 70.6 Å². The minimum absolute atomic E-state index is 0. The molecule has 1 heterocycles. The largest absolute Gasteiger partial charge is 0.379 e. The maximum Gasteiger partial charge on any atom is 0.191 e. The van der Waals surface area contributed by atoms with Crippen LogP contribution in [0.25, 0.3) is 0 Å². The molecule has 0 atom stereocenters. The van der Waals surface area contributed by atoms with Crippen molar-refractivity contribution < 1.29 is 9.13 Å². The van der Waals surface area contributed by atoms with Crippen LogP contribution >= 0.6 is 35.7 Å². The zero-order valence-electron chi connectivity index (χ0n) is 15.4. The number of morpholine rings is 1. The van der Waals surface area contributed by atoms with E-state index >= 15 is 0 Å². The van der Waals surface area contributed by atoms with E-state index in [1.54, 1.807) is 6.07 Å². The Kier molecular flexibility index (Phi) is 13.1. The molecule has 0 amide bonds. The van der Waals surface area contributed by atoms with Crippen molar-refractivity contribution in [2.24, 2.45) is 4.99 Å². The van der Waals surface area contributed by atoms with Gasteiger partial charge in [0.1, 0.15) is 5.82 Å².